The number of hydrogen-bond donors (Lipinski definition) is 0. The van der Waals surface area contributed by atoms with Crippen molar-refractivity contribution in [3.8, 4) is 0 Å². The lowest BCUT2D eigenvalue weighted by Gasteiger charge is -2.26. The summed E-state index contributed by atoms with van der Waals surface area (Å²) < 4.78 is 0. The van der Waals surface area contributed by atoms with Gasteiger partial charge in [0.15, 0.2) is 0 Å². The predicted molar refractivity (Wildman–Crippen MR) is 75.8 cm³/mol. The Hall–Kier alpha value is -0.540. The van der Waals surface area contributed by atoms with Gasteiger partial charge in [-0.1, -0.05) is 39.7 Å². The van der Waals surface area contributed by atoms with E-state index in [0.717, 1.165) is 17.4 Å². The Morgan fingerprint density at radius 2 is 2.18 bits per heavy atom. The zero-order valence-electron chi connectivity index (χ0n) is 10.1. The molecule has 0 radical (unpaired) electrons. The number of benzene rings is 1. The van der Waals surface area contributed by atoms with Gasteiger partial charge in [0, 0.05) is 22.9 Å². The highest BCUT2D eigenvalue weighted by Crippen LogP contribution is 2.13. The molecule has 0 saturated carbocycles. The van der Waals surface area contributed by atoms with Crippen molar-refractivity contribution in [3.05, 3.63) is 34.9 Å². The summed E-state index contributed by atoms with van der Waals surface area (Å²) in [5.41, 5.74) is 0.961. The van der Waals surface area contributed by atoms with Crippen molar-refractivity contribution in [2.75, 3.05) is 11.9 Å². The average molecular weight is 319 g/mol. The third-order valence-electron chi connectivity index (χ3n) is 2.51. The minimum absolute atomic E-state index is 0.140. The molecule has 0 heterocycles. The summed E-state index contributed by atoms with van der Waals surface area (Å²) in [6.45, 7) is 4.79. The Balaban J connectivity index is 2.69. The second kappa shape index (κ2) is 7.02. The van der Waals surface area contributed by atoms with Gasteiger partial charge >= 0.3 is 0 Å². The molecule has 2 nitrogen and oxygen atoms in total. The van der Waals surface area contributed by atoms with E-state index in [1.807, 2.05) is 43.0 Å². The topological polar surface area (TPSA) is 20.3 Å². The van der Waals surface area contributed by atoms with E-state index in [0.29, 0.717) is 11.4 Å². The molecule has 0 atom stereocenters. The Bertz CT molecular complexity index is 381. The normalized spacial score (nSPS) is 10.6. The van der Waals surface area contributed by atoms with E-state index in [4.69, 9.17) is 11.6 Å². The molecular weight excluding hydrogens is 302 g/mol. The number of rotatable bonds is 5. The van der Waals surface area contributed by atoms with Crippen LogP contribution < -0.4 is 0 Å². The monoisotopic (exact) mass is 317 g/mol. The number of alkyl halides is 1. The van der Waals surface area contributed by atoms with Gasteiger partial charge in [-0.2, -0.15) is 0 Å². The van der Waals surface area contributed by atoms with Crippen molar-refractivity contribution >= 4 is 33.4 Å². The zero-order valence-corrected chi connectivity index (χ0v) is 12.5. The lowest BCUT2D eigenvalue weighted by Crippen LogP contribution is -2.39. The van der Waals surface area contributed by atoms with E-state index < -0.39 is 0 Å². The van der Waals surface area contributed by atoms with Crippen LogP contribution in [-0.4, -0.2) is 28.7 Å². The molecule has 0 N–H and O–H groups in total. The molecule has 0 saturated heterocycles. The first-order valence-corrected chi connectivity index (χ1v) is 7.14. The summed E-state index contributed by atoms with van der Waals surface area (Å²) in [6.07, 6.45) is 0.408. The quantitative estimate of drug-likeness (QED) is 0.761. The lowest BCUT2D eigenvalue weighted by atomic mass is 10.1. The summed E-state index contributed by atoms with van der Waals surface area (Å²) in [6, 6.07) is 7.67. The van der Waals surface area contributed by atoms with Crippen molar-refractivity contribution in [2.45, 2.75) is 26.3 Å². The lowest BCUT2D eigenvalue weighted by molar-refractivity contribution is -0.131. The largest absolute Gasteiger partial charge is 0.339 e. The van der Waals surface area contributed by atoms with Gasteiger partial charge < -0.3 is 4.90 Å². The molecule has 0 unspecified atom stereocenters. The van der Waals surface area contributed by atoms with Crippen LogP contribution in [0.1, 0.15) is 19.4 Å². The molecule has 1 amide bonds. The average Bonchev–Trinajstić information content (AvgIpc) is 2.25. The molecule has 1 rings (SSSR count). The number of hydrogen-bond acceptors (Lipinski definition) is 1. The molecule has 0 aliphatic rings. The van der Waals surface area contributed by atoms with Crippen LogP contribution in [0.2, 0.25) is 5.02 Å². The first kappa shape index (κ1) is 14.5. The molecule has 1 aromatic rings. The fourth-order valence-electron chi connectivity index (χ4n) is 1.69. The molecule has 0 bridgehead atoms. The van der Waals surface area contributed by atoms with Crippen molar-refractivity contribution < 1.29 is 4.79 Å². The van der Waals surface area contributed by atoms with Gasteiger partial charge in [-0.15, -0.1) is 0 Å². The predicted octanol–water partition coefficient (Wildman–Crippen LogP) is 3.51. The Labute approximate surface area is 116 Å². The summed E-state index contributed by atoms with van der Waals surface area (Å²) in [4.78, 5) is 14.0. The molecule has 0 aliphatic heterocycles. The Morgan fingerprint density at radius 1 is 1.47 bits per heavy atom. The first-order chi connectivity index (χ1) is 8.04. The number of carbonyl (C=O) groups excluding carboxylic acids is 1. The van der Waals surface area contributed by atoms with Crippen LogP contribution in [0.5, 0.6) is 0 Å². The highest BCUT2D eigenvalue weighted by Gasteiger charge is 2.16. The molecule has 94 valence electrons. The van der Waals surface area contributed by atoms with Crippen LogP contribution in [0.15, 0.2) is 24.3 Å². The maximum Gasteiger partial charge on any atom is 0.227 e. The van der Waals surface area contributed by atoms with Crippen molar-refractivity contribution in [3.63, 3.8) is 0 Å². The van der Waals surface area contributed by atoms with E-state index in [9.17, 15) is 4.79 Å². The van der Waals surface area contributed by atoms with Crippen molar-refractivity contribution in [1.29, 1.82) is 0 Å². The van der Waals surface area contributed by atoms with Gasteiger partial charge in [0.1, 0.15) is 0 Å². The van der Waals surface area contributed by atoms with Gasteiger partial charge in [-0.05, 0) is 31.5 Å². The fraction of sp³-hybridized carbons (Fsp3) is 0.462. The summed E-state index contributed by atoms with van der Waals surface area (Å²) >= 11 is 9.27. The van der Waals surface area contributed by atoms with E-state index in [2.05, 4.69) is 15.9 Å². The van der Waals surface area contributed by atoms with Crippen LogP contribution in [0, 0.1) is 0 Å². The third-order valence-corrected chi connectivity index (χ3v) is 3.10. The van der Waals surface area contributed by atoms with Crippen LogP contribution in [0.4, 0.5) is 0 Å². The number of halogens is 2. The fourth-order valence-corrected chi connectivity index (χ4v) is 2.28. The standard InChI is InChI=1S/C13H17BrClNO/c1-10(2)16(7-6-14)13(17)9-11-4-3-5-12(15)8-11/h3-5,8,10H,6-7,9H2,1-2H3. The van der Waals surface area contributed by atoms with Crippen LogP contribution in [-0.2, 0) is 11.2 Å². The Kier molecular flexibility index (Phi) is 6.00. The third kappa shape index (κ3) is 4.68. The van der Waals surface area contributed by atoms with E-state index in [-0.39, 0.29) is 11.9 Å². The maximum absolute atomic E-state index is 12.1. The van der Waals surface area contributed by atoms with Crippen molar-refractivity contribution in [2.24, 2.45) is 0 Å². The number of nitrogens with zero attached hydrogens (tertiary/aromatic N) is 1. The van der Waals surface area contributed by atoms with Gasteiger partial charge in [0.05, 0.1) is 6.42 Å². The van der Waals surface area contributed by atoms with Crippen LogP contribution in [0.25, 0.3) is 0 Å². The van der Waals surface area contributed by atoms with Crippen LogP contribution in [0.3, 0.4) is 0 Å². The molecule has 1 aromatic carbocycles. The molecule has 0 spiro atoms. The van der Waals surface area contributed by atoms with Gasteiger partial charge in [-0.25, -0.2) is 0 Å². The maximum atomic E-state index is 12.1. The van der Waals surface area contributed by atoms with Gasteiger partial charge in [0.25, 0.3) is 0 Å². The minimum Gasteiger partial charge on any atom is -0.339 e. The number of carbonyl (C=O) groups is 1. The Morgan fingerprint density at radius 3 is 2.71 bits per heavy atom. The van der Waals surface area contributed by atoms with E-state index >= 15 is 0 Å². The van der Waals surface area contributed by atoms with Gasteiger partial charge in [0.2, 0.25) is 5.91 Å². The summed E-state index contributed by atoms with van der Waals surface area (Å²) in [5.74, 6) is 0.140. The highest BCUT2D eigenvalue weighted by atomic mass is 79.9. The minimum atomic E-state index is 0.140. The second-order valence-electron chi connectivity index (χ2n) is 4.18. The van der Waals surface area contributed by atoms with Gasteiger partial charge in [-0.3, -0.25) is 4.79 Å². The zero-order chi connectivity index (χ0) is 12.8. The molecule has 4 heteroatoms. The highest BCUT2D eigenvalue weighted by molar-refractivity contribution is 9.09. The van der Waals surface area contributed by atoms with E-state index in [1.54, 1.807) is 0 Å². The smallest absolute Gasteiger partial charge is 0.227 e. The molecule has 0 aliphatic carbocycles. The van der Waals surface area contributed by atoms with E-state index in [1.165, 1.54) is 0 Å². The SMILES string of the molecule is CC(C)N(CCBr)C(=O)Cc1cccc(Cl)c1. The van der Waals surface area contributed by atoms with Crippen molar-refractivity contribution in [1.82, 2.24) is 4.90 Å². The first-order valence-electron chi connectivity index (χ1n) is 5.64. The van der Waals surface area contributed by atoms with Crippen LogP contribution >= 0.6 is 27.5 Å². The number of amides is 1. The summed E-state index contributed by atoms with van der Waals surface area (Å²) in [7, 11) is 0. The summed E-state index contributed by atoms with van der Waals surface area (Å²) in [5, 5.41) is 1.47. The molecular formula is C13H17BrClNO. The second-order valence-corrected chi connectivity index (χ2v) is 5.41. The molecule has 17 heavy (non-hydrogen) atoms. The molecule has 0 aromatic heterocycles. The molecule has 0 fully saturated rings.